The van der Waals surface area contributed by atoms with Crippen molar-refractivity contribution in [2.24, 2.45) is 7.05 Å². The Hall–Kier alpha value is -3.22. The van der Waals surface area contributed by atoms with Crippen molar-refractivity contribution in [2.75, 3.05) is 6.61 Å². The SMILES string of the molecule is Cc1ccc(-c2c(C(=O)Cl)n(C)c(=O)c3c2c2c(n3Cc3ccc(F)cc3)CCOC2)cc1. The maximum Gasteiger partial charge on any atom is 0.275 e. The molecule has 2 aromatic carbocycles. The van der Waals surface area contributed by atoms with Gasteiger partial charge in [-0.05, 0) is 41.8 Å². The number of aryl methyl sites for hydroxylation is 1. The Labute approximate surface area is 195 Å². The number of hydrogen-bond acceptors (Lipinski definition) is 3. The van der Waals surface area contributed by atoms with Crippen LogP contribution < -0.4 is 5.56 Å². The molecule has 5 rings (SSSR count). The van der Waals surface area contributed by atoms with Crippen LogP contribution >= 0.6 is 11.6 Å². The summed E-state index contributed by atoms with van der Waals surface area (Å²) in [4.78, 5) is 26.2. The van der Waals surface area contributed by atoms with Crippen molar-refractivity contribution in [3.63, 3.8) is 0 Å². The van der Waals surface area contributed by atoms with Crippen molar-refractivity contribution in [3.8, 4) is 11.1 Å². The Bertz CT molecular complexity index is 1450. The van der Waals surface area contributed by atoms with Gasteiger partial charge >= 0.3 is 0 Å². The number of ether oxygens (including phenoxy) is 1. The maximum atomic E-state index is 13.6. The number of carbonyl (C=O) groups is 1. The predicted octanol–water partition coefficient (Wildman–Crippen LogP) is 4.95. The fourth-order valence-electron chi connectivity index (χ4n) is 4.72. The molecule has 0 radical (unpaired) electrons. The first-order valence-corrected chi connectivity index (χ1v) is 11.1. The number of benzene rings is 2. The molecule has 0 saturated heterocycles. The van der Waals surface area contributed by atoms with E-state index in [1.165, 1.54) is 16.7 Å². The van der Waals surface area contributed by atoms with E-state index in [9.17, 15) is 14.0 Å². The van der Waals surface area contributed by atoms with Crippen LogP contribution in [0.5, 0.6) is 0 Å². The van der Waals surface area contributed by atoms with Gasteiger partial charge < -0.3 is 13.9 Å². The Kier molecular flexibility index (Phi) is 5.43. The topological polar surface area (TPSA) is 53.2 Å². The number of aromatic nitrogens is 2. The molecule has 0 spiro atoms. The average molecular weight is 465 g/mol. The van der Waals surface area contributed by atoms with Crippen molar-refractivity contribution in [2.45, 2.75) is 26.5 Å². The normalized spacial score (nSPS) is 13.3. The lowest BCUT2D eigenvalue weighted by molar-refractivity contribution is 0.107. The van der Waals surface area contributed by atoms with Crippen LogP contribution in [0.3, 0.4) is 0 Å². The van der Waals surface area contributed by atoms with Gasteiger partial charge in [0.15, 0.2) is 0 Å². The molecule has 1 aliphatic rings. The summed E-state index contributed by atoms with van der Waals surface area (Å²) >= 11 is 6.03. The van der Waals surface area contributed by atoms with E-state index < -0.39 is 5.24 Å². The summed E-state index contributed by atoms with van der Waals surface area (Å²) in [6.45, 7) is 3.27. The highest BCUT2D eigenvalue weighted by atomic mass is 35.5. The highest BCUT2D eigenvalue weighted by molar-refractivity contribution is 6.68. The second kappa shape index (κ2) is 8.28. The van der Waals surface area contributed by atoms with Crippen molar-refractivity contribution < 1.29 is 13.9 Å². The fourth-order valence-corrected chi connectivity index (χ4v) is 4.94. The van der Waals surface area contributed by atoms with E-state index in [1.54, 1.807) is 19.2 Å². The van der Waals surface area contributed by atoms with Gasteiger partial charge in [-0.3, -0.25) is 9.59 Å². The smallest absolute Gasteiger partial charge is 0.275 e. The van der Waals surface area contributed by atoms with E-state index in [1.807, 2.05) is 35.8 Å². The number of carbonyl (C=O) groups excluding carboxylic acids is 1. The van der Waals surface area contributed by atoms with Crippen LogP contribution in [0.2, 0.25) is 0 Å². The highest BCUT2D eigenvalue weighted by Crippen LogP contribution is 2.38. The zero-order chi connectivity index (χ0) is 23.3. The predicted molar refractivity (Wildman–Crippen MR) is 126 cm³/mol. The quantitative estimate of drug-likeness (QED) is 0.401. The molecule has 0 amide bonds. The minimum atomic E-state index is -0.691. The summed E-state index contributed by atoms with van der Waals surface area (Å²) in [6, 6.07) is 14.1. The average Bonchev–Trinajstić information content (AvgIpc) is 3.12. The molecule has 168 valence electrons. The molecule has 0 saturated carbocycles. The van der Waals surface area contributed by atoms with Crippen LogP contribution in [0.25, 0.3) is 22.0 Å². The second-order valence-electron chi connectivity index (χ2n) is 8.39. The molecule has 0 atom stereocenters. The molecule has 0 fully saturated rings. The zero-order valence-corrected chi connectivity index (χ0v) is 19.1. The Morgan fingerprint density at radius 1 is 1.12 bits per heavy atom. The summed E-state index contributed by atoms with van der Waals surface area (Å²) in [6.07, 6.45) is 0.631. The molecule has 1 aliphatic heterocycles. The van der Waals surface area contributed by atoms with E-state index >= 15 is 0 Å². The lowest BCUT2D eigenvalue weighted by Gasteiger charge is -2.17. The molecular formula is C26H22ClFN2O3. The van der Waals surface area contributed by atoms with Crippen molar-refractivity contribution >= 4 is 27.7 Å². The molecule has 5 nitrogen and oxygen atoms in total. The third-order valence-corrected chi connectivity index (χ3v) is 6.50. The Morgan fingerprint density at radius 3 is 2.48 bits per heavy atom. The number of hydrogen-bond donors (Lipinski definition) is 0. The second-order valence-corrected chi connectivity index (χ2v) is 8.73. The lowest BCUT2D eigenvalue weighted by atomic mass is 9.95. The van der Waals surface area contributed by atoms with Crippen LogP contribution in [-0.2, 0) is 31.4 Å². The van der Waals surface area contributed by atoms with Gasteiger partial charge in [0.2, 0.25) is 0 Å². The van der Waals surface area contributed by atoms with Gasteiger partial charge in [0.1, 0.15) is 17.0 Å². The molecule has 4 aromatic rings. The lowest BCUT2D eigenvalue weighted by Crippen LogP contribution is -2.25. The highest BCUT2D eigenvalue weighted by Gasteiger charge is 2.29. The van der Waals surface area contributed by atoms with Gasteiger partial charge in [0.05, 0.1) is 13.2 Å². The Balaban J connectivity index is 1.90. The zero-order valence-electron chi connectivity index (χ0n) is 18.3. The molecule has 0 aliphatic carbocycles. The van der Waals surface area contributed by atoms with Crippen molar-refractivity contribution in [1.29, 1.82) is 0 Å². The van der Waals surface area contributed by atoms with Crippen LogP contribution in [-0.4, -0.2) is 21.0 Å². The van der Waals surface area contributed by atoms with E-state index in [-0.39, 0.29) is 17.1 Å². The molecule has 0 unspecified atom stereocenters. The fraction of sp³-hybridized carbons (Fsp3) is 0.231. The van der Waals surface area contributed by atoms with Gasteiger partial charge in [-0.1, -0.05) is 42.0 Å². The monoisotopic (exact) mass is 464 g/mol. The van der Waals surface area contributed by atoms with Gasteiger partial charge in [-0.15, -0.1) is 0 Å². The van der Waals surface area contributed by atoms with E-state index in [0.29, 0.717) is 42.6 Å². The maximum absolute atomic E-state index is 13.6. The molecule has 2 aromatic heterocycles. The minimum Gasteiger partial charge on any atom is -0.376 e. The number of pyridine rings is 1. The van der Waals surface area contributed by atoms with E-state index in [2.05, 4.69) is 0 Å². The first-order chi connectivity index (χ1) is 15.9. The number of halogens is 2. The number of nitrogens with zero attached hydrogens (tertiary/aromatic N) is 2. The van der Waals surface area contributed by atoms with E-state index in [0.717, 1.165) is 27.9 Å². The Morgan fingerprint density at radius 2 is 1.82 bits per heavy atom. The van der Waals surface area contributed by atoms with Crippen LogP contribution in [0, 0.1) is 12.7 Å². The van der Waals surface area contributed by atoms with Gasteiger partial charge in [-0.2, -0.15) is 0 Å². The summed E-state index contributed by atoms with van der Waals surface area (Å²) in [5, 5.41) is 0.00611. The van der Waals surface area contributed by atoms with Gasteiger partial charge in [0.25, 0.3) is 10.8 Å². The molecule has 7 heteroatoms. The summed E-state index contributed by atoms with van der Waals surface area (Å²) < 4.78 is 22.6. The van der Waals surface area contributed by atoms with Crippen LogP contribution in [0.15, 0.2) is 53.3 Å². The third-order valence-electron chi connectivity index (χ3n) is 6.32. The number of fused-ring (bicyclic) bond motifs is 3. The van der Waals surface area contributed by atoms with Gasteiger partial charge in [0, 0.05) is 42.2 Å². The van der Waals surface area contributed by atoms with Crippen molar-refractivity contribution in [1.82, 2.24) is 9.13 Å². The van der Waals surface area contributed by atoms with Crippen molar-refractivity contribution in [3.05, 3.63) is 92.8 Å². The minimum absolute atomic E-state index is 0.158. The summed E-state index contributed by atoms with van der Waals surface area (Å²) in [5.74, 6) is -0.311. The molecular weight excluding hydrogens is 443 g/mol. The standard InChI is InChI=1S/C26H22ClFN2O3/c1-15-3-7-17(8-4-15)21-22-19-14-33-12-11-20(19)30(13-16-5-9-18(28)10-6-16)24(22)26(32)29(2)23(21)25(27)31/h3-10H,11-14H2,1-2H3. The summed E-state index contributed by atoms with van der Waals surface area (Å²) in [7, 11) is 1.57. The molecule has 33 heavy (non-hydrogen) atoms. The largest absolute Gasteiger partial charge is 0.376 e. The summed E-state index contributed by atoms with van der Waals surface area (Å²) in [5.41, 5.74) is 5.62. The first-order valence-electron chi connectivity index (χ1n) is 10.7. The van der Waals surface area contributed by atoms with Crippen LogP contribution in [0.1, 0.15) is 32.9 Å². The molecule has 0 bridgehead atoms. The first kappa shape index (κ1) is 21.6. The van der Waals surface area contributed by atoms with E-state index in [4.69, 9.17) is 16.3 Å². The number of rotatable bonds is 4. The van der Waals surface area contributed by atoms with Crippen LogP contribution in [0.4, 0.5) is 4.39 Å². The van der Waals surface area contributed by atoms with Gasteiger partial charge in [-0.25, -0.2) is 4.39 Å². The third kappa shape index (κ3) is 3.59. The molecule has 0 N–H and O–H groups in total. The molecule has 3 heterocycles.